The number of fused-ring (bicyclic) bond motifs is 3. The summed E-state index contributed by atoms with van der Waals surface area (Å²) in [5.74, 6) is -4.69. The van der Waals surface area contributed by atoms with E-state index in [0.717, 1.165) is 34.7 Å². The van der Waals surface area contributed by atoms with Crippen LogP contribution in [0.15, 0.2) is 48.8 Å². The van der Waals surface area contributed by atoms with Crippen LogP contribution in [0.4, 0.5) is 8.78 Å². The Morgan fingerprint density at radius 3 is 2.69 bits per heavy atom. The van der Waals surface area contributed by atoms with E-state index in [2.05, 4.69) is 5.10 Å². The molecule has 1 heterocycles. The zero-order valence-corrected chi connectivity index (χ0v) is 16.3. The molecule has 1 N–H and O–H groups in total. The topological polar surface area (TPSA) is 55.1 Å². The maximum Gasteiger partial charge on any atom is 0.303 e. The second-order valence-electron chi connectivity index (χ2n) is 7.74. The first-order valence-electron chi connectivity index (χ1n) is 9.62. The lowest BCUT2D eigenvalue weighted by Crippen LogP contribution is -2.21. The molecule has 29 heavy (non-hydrogen) atoms. The summed E-state index contributed by atoms with van der Waals surface area (Å²) in [5, 5.41) is 13.1. The van der Waals surface area contributed by atoms with Gasteiger partial charge in [-0.05, 0) is 41.2 Å². The van der Waals surface area contributed by atoms with Gasteiger partial charge in [-0.15, -0.1) is 0 Å². The molecule has 150 valence electrons. The summed E-state index contributed by atoms with van der Waals surface area (Å²) in [6, 6.07) is 11.2. The van der Waals surface area contributed by atoms with Crippen molar-refractivity contribution in [1.82, 2.24) is 9.78 Å². The Kier molecular flexibility index (Phi) is 4.73. The molecular formula is C23H22F2N2O2. The molecule has 0 saturated carbocycles. The molecule has 0 bridgehead atoms. The van der Waals surface area contributed by atoms with Gasteiger partial charge in [0.05, 0.1) is 12.1 Å². The summed E-state index contributed by atoms with van der Waals surface area (Å²) in [5.41, 5.74) is 5.60. The Hall–Kier alpha value is -3.02. The molecule has 2 aromatic carbocycles. The van der Waals surface area contributed by atoms with E-state index in [-0.39, 0.29) is 6.42 Å². The molecule has 3 aromatic rings. The van der Waals surface area contributed by atoms with Crippen LogP contribution >= 0.6 is 0 Å². The van der Waals surface area contributed by atoms with Crippen LogP contribution < -0.4 is 0 Å². The van der Waals surface area contributed by atoms with Crippen LogP contribution in [-0.2, 0) is 11.3 Å². The van der Waals surface area contributed by atoms with Gasteiger partial charge in [-0.2, -0.15) is 5.10 Å². The van der Waals surface area contributed by atoms with E-state index in [1.54, 1.807) is 23.0 Å². The molecule has 0 amide bonds. The van der Waals surface area contributed by atoms with Gasteiger partial charge < -0.3 is 5.11 Å². The number of halogens is 2. The molecule has 0 spiro atoms. The third-order valence-electron chi connectivity index (χ3n) is 5.39. The maximum absolute atomic E-state index is 14.6. The monoisotopic (exact) mass is 396 g/mol. The molecule has 0 aliphatic heterocycles. The van der Waals surface area contributed by atoms with Gasteiger partial charge in [0.1, 0.15) is 0 Å². The molecule has 0 fully saturated rings. The maximum atomic E-state index is 14.6. The second kappa shape index (κ2) is 7.10. The fraction of sp³-hybridized carbons (Fsp3) is 0.304. The predicted molar refractivity (Wildman–Crippen MR) is 107 cm³/mol. The summed E-state index contributed by atoms with van der Waals surface area (Å²) < 4.78 is 30.9. The van der Waals surface area contributed by atoms with E-state index < -0.39 is 17.8 Å². The number of rotatable bonds is 6. The minimum atomic E-state index is -2.88. The first-order valence-corrected chi connectivity index (χ1v) is 9.62. The highest BCUT2D eigenvalue weighted by molar-refractivity contribution is 5.92. The van der Waals surface area contributed by atoms with Gasteiger partial charge in [-0.25, -0.2) is 8.78 Å². The average Bonchev–Trinajstić information content (AvgIpc) is 3.22. The molecule has 1 unspecified atom stereocenters. The van der Waals surface area contributed by atoms with Gasteiger partial charge in [0.2, 0.25) is 0 Å². The molecule has 4 nitrogen and oxygen atoms in total. The molecule has 1 aromatic heterocycles. The Morgan fingerprint density at radius 1 is 1.21 bits per heavy atom. The van der Waals surface area contributed by atoms with Crippen LogP contribution in [0.1, 0.15) is 42.4 Å². The van der Waals surface area contributed by atoms with E-state index in [0.29, 0.717) is 24.1 Å². The van der Waals surface area contributed by atoms with Gasteiger partial charge in [0.25, 0.3) is 5.92 Å². The molecule has 0 saturated heterocycles. The van der Waals surface area contributed by atoms with Gasteiger partial charge >= 0.3 is 5.97 Å². The third-order valence-corrected chi connectivity index (χ3v) is 5.39. The summed E-state index contributed by atoms with van der Waals surface area (Å²) in [6.45, 7) is 3.38. The molecule has 4 rings (SSSR count). The van der Waals surface area contributed by atoms with Crippen LogP contribution in [0.25, 0.3) is 22.3 Å². The Bertz CT molecular complexity index is 1080. The number of hydrogen-bond acceptors (Lipinski definition) is 2. The number of aryl methyl sites for hydroxylation is 2. The van der Waals surface area contributed by atoms with E-state index >= 15 is 0 Å². The number of carboxylic acids is 1. The van der Waals surface area contributed by atoms with Crippen molar-refractivity contribution in [3.8, 4) is 22.3 Å². The van der Waals surface area contributed by atoms with Gasteiger partial charge in [0.15, 0.2) is 0 Å². The summed E-state index contributed by atoms with van der Waals surface area (Å²) in [7, 11) is 0. The number of alkyl halides is 2. The number of benzene rings is 2. The van der Waals surface area contributed by atoms with E-state index in [9.17, 15) is 13.6 Å². The average molecular weight is 396 g/mol. The van der Waals surface area contributed by atoms with Crippen molar-refractivity contribution in [2.45, 2.75) is 45.1 Å². The van der Waals surface area contributed by atoms with Gasteiger partial charge in [0, 0.05) is 31.6 Å². The number of nitrogens with zero attached hydrogens (tertiary/aromatic N) is 2. The van der Waals surface area contributed by atoms with Crippen LogP contribution in [0.3, 0.4) is 0 Å². The lowest BCUT2D eigenvalue weighted by molar-refractivity contribution is -0.137. The van der Waals surface area contributed by atoms with Crippen LogP contribution in [0.2, 0.25) is 0 Å². The first kappa shape index (κ1) is 19.3. The predicted octanol–water partition coefficient (Wildman–Crippen LogP) is 5.49. The lowest BCUT2D eigenvalue weighted by atomic mass is 9.89. The van der Waals surface area contributed by atoms with Crippen molar-refractivity contribution in [3.05, 3.63) is 65.5 Å². The molecule has 1 aliphatic rings. The molecule has 1 aliphatic carbocycles. The Morgan fingerprint density at radius 2 is 1.97 bits per heavy atom. The molecular weight excluding hydrogens is 374 g/mol. The van der Waals surface area contributed by atoms with Crippen molar-refractivity contribution in [2.75, 3.05) is 0 Å². The summed E-state index contributed by atoms with van der Waals surface area (Å²) >= 11 is 0. The van der Waals surface area contributed by atoms with Crippen molar-refractivity contribution >= 4 is 5.97 Å². The quantitative estimate of drug-likeness (QED) is 0.599. The molecule has 6 heteroatoms. The first-order chi connectivity index (χ1) is 13.8. The van der Waals surface area contributed by atoms with Gasteiger partial charge in [-0.3, -0.25) is 9.48 Å². The number of carboxylic acid groups (broad SMARTS) is 1. The van der Waals surface area contributed by atoms with E-state index in [1.807, 2.05) is 37.4 Å². The normalized spacial score (nSPS) is 15.2. The largest absolute Gasteiger partial charge is 0.481 e. The minimum Gasteiger partial charge on any atom is -0.481 e. The molecule has 0 radical (unpaired) electrons. The highest BCUT2D eigenvalue weighted by Crippen LogP contribution is 2.54. The van der Waals surface area contributed by atoms with Crippen molar-refractivity contribution < 1.29 is 18.7 Å². The van der Waals surface area contributed by atoms with Crippen molar-refractivity contribution in [2.24, 2.45) is 0 Å². The summed E-state index contributed by atoms with van der Waals surface area (Å²) in [6.07, 6.45) is 4.14. The second-order valence-corrected chi connectivity index (χ2v) is 7.74. The number of aromatic nitrogens is 2. The standard InChI is InChI=1S/C23H22F2N2O2/c1-14-10-18(15-12-26-27(13-15)9-5-8-20(28)29)21-16-6-3-4-7-17(16)22(19(21)11-14)23(2,24)25/h3-4,6-7,10-13,22H,5,8-9H2,1-2H3,(H,28,29). The Balaban J connectivity index is 1.81. The highest BCUT2D eigenvalue weighted by atomic mass is 19.3. The van der Waals surface area contributed by atoms with Crippen molar-refractivity contribution in [1.29, 1.82) is 0 Å². The minimum absolute atomic E-state index is 0.0790. The highest BCUT2D eigenvalue weighted by Gasteiger charge is 2.44. The van der Waals surface area contributed by atoms with Crippen LogP contribution in [0, 0.1) is 6.92 Å². The third kappa shape index (κ3) is 3.55. The van der Waals surface area contributed by atoms with E-state index in [1.165, 1.54) is 0 Å². The Labute approximate surface area is 167 Å². The number of aliphatic carboxylic acids is 1. The van der Waals surface area contributed by atoms with Crippen LogP contribution in [-0.4, -0.2) is 26.8 Å². The summed E-state index contributed by atoms with van der Waals surface area (Å²) in [4.78, 5) is 10.7. The van der Waals surface area contributed by atoms with Crippen molar-refractivity contribution in [3.63, 3.8) is 0 Å². The SMILES string of the molecule is Cc1cc(-c2cnn(CCCC(=O)O)c2)c2c(c1)C(C(C)(F)F)c1ccccc1-2. The zero-order chi connectivity index (χ0) is 20.8. The number of carbonyl (C=O) groups is 1. The molecule has 1 atom stereocenters. The number of hydrogen-bond donors (Lipinski definition) is 1. The van der Waals surface area contributed by atoms with E-state index in [4.69, 9.17) is 5.11 Å². The van der Waals surface area contributed by atoms with Crippen LogP contribution in [0.5, 0.6) is 0 Å². The zero-order valence-electron chi connectivity index (χ0n) is 16.3. The smallest absolute Gasteiger partial charge is 0.303 e. The lowest BCUT2D eigenvalue weighted by Gasteiger charge is -2.21. The van der Waals surface area contributed by atoms with Gasteiger partial charge in [-0.1, -0.05) is 42.0 Å². The fourth-order valence-corrected chi connectivity index (χ4v) is 4.28. The fourth-order valence-electron chi connectivity index (χ4n) is 4.28.